The smallest absolute Gasteiger partial charge is 0.392 e. The number of aryl methyl sites for hydroxylation is 1. The van der Waals surface area contributed by atoms with E-state index in [0.717, 1.165) is 12.5 Å². The summed E-state index contributed by atoms with van der Waals surface area (Å²) in [6, 6.07) is 11.0. The van der Waals surface area contributed by atoms with E-state index in [1.165, 1.54) is 18.2 Å². The van der Waals surface area contributed by atoms with Crippen molar-refractivity contribution >= 4 is 35.2 Å². The topological polar surface area (TPSA) is 55.4 Å². The molecule has 0 aliphatic rings. The van der Waals surface area contributed by atoms with Gasteiger partial charge in [0.25, 0.3) is 0 Å². The molecule has 1 amide bonds. The minimum atomic E-state index is -4.59. The van der Waals surface area contributed by atoms with Crippen LogP contribution < -0.4 is 5.32 Å². The van der Waals surface area contributed by atoms with E-state index < -0.39 is 29.5 Å². The number of carbonyl (C=O) groups is 2. The molecule has 0 heterocycles. The second-order valence-electron chi connectivity index (χ2n) is 9.07. The molecule has 0 spiro atoms. The summed E-state index contributed by atoms with van der Waals surface area (Å²) in [4.78, 5) is 25.1. The van der Waals surface area contributed by atoms with Crippen molar-refractivity contribution in [2.24, 2.45) is 5.92 Å². The van der Waals surface area contributed by atoms with E-state index in [4.69, 9.17) is 16.3 Å². The minimum absolute atomic E-state index is 0.107. The van der Waals surface area contributed by atoms with Crippen molar-refractivity contribution in [2.75, 3.05) is 5.32 Å². The Morgan fingerprint density at radius 1 is 1.12 bits per heavy atom. The number of esters is 1. The fourth-order valence-electron chi connectivity index (χ4n) is 3.37. The van der Waals surface area contributed by atoms with Gasteiger partial charge in [-0.25, -0.2) is 0 Å². The first-order chi connectivity index (χ1) is 15.7. The van der Waals surface area contributed by atoms with Crippen LogP contribution in [0, 0.1) is 5.92 Å². The Morgan fingerprint density at radius 2 is 1.74 bits per heavy atom. The van der Waals surface area contributed by atoms with Crippen LogP contribution in [0.25, 0.3) is 6.08 Å². The van der Waals surface area contributed by atoms with Crippen molar-refractivity contribution in [3.63, 3.8) is 0 Å². The molecule has 2 atom stereocenters. The normalized spacial score (nSPS) is 13.6. The maximum Gasteiger partial charge on any atom is 0.392 e. The van der Waals surface area contributed by atoms with Gasteiger partial charge in [-0.3, -0.25) is 9.59 Å². The molecule has 0 aliphatic carbocycles. The maximum absolute atomic E-state index is 13.6. The zero-order chi connectivity index (χ0) is 25.7. The Bertz CT molecular complexity index is 1030. The number of nitrogens with one attached hydrogen (secondary N) is 1. The zero-order valence-corrected chi connectivity index (χ0v) is 20.4. The van der Waals surface area contributed by atoms with Crippen LogP contribution in [0.1, 0.15) is 56.7 Å². The van der Waals surface area contributed by atoms with Gasteiger partial charge in [-0.05, 0) is 56.0 Å². The molecule has 1 N–H and O–H groups in total. The molecule has 0 saturated heterocycles. The molecule has 0 aromatic heterocycles. The highest BCUT2D eigenvalue weighted by atomic mass is 35.5. The number of rotatable bonds is 8. The summed E-state index contributed by atoms with van der Waals surface area (Å²) in [6.07, 6.45) is -2.59. The molecule has 8 heteroatoms. The van der Waals surface area contributed by atoms with Gasteiger partial charge in [-0.2, -0.15) is 13.2 Å². The first kappa shape index (κ1) is 27.4. The molecular weight excluding hydrogens is 467 g/mol. The molecular formula is C26H29ClF3NO3. The summed E-state index contributed by atoms with van der Waals surface area (Å²) < 4.78 is 46.1. The molecule has 4 nitrogen and oxygen atoms in total. The first-order valence-electron chi connectivity index (χ1n) is 10.8. The molecule has 184 valence electrons. The van der Waals surface area contributed by atoms with Crippen LogP contribution in [0.4, 0.5) is 18.9 Å². The Balaban J connectivity index is 2.26. The minimum Gasteiger partial charge on any atom is -0.460 e. The van der Waals surface area contributed by atoms with E-state index in [1.54, 1.807) is 51.1 Å². The molecule has 2 aromatic carbocycles. The van der Waals surface area contributed by atoms with E-state index in [-0.39, 0.29) is 28.7 Å². The number of halogens is 4. The second-order valence-corrected chi connectivity index (χ2v) is 9.48. The highest BCUT2D eigenvalue weighted by molar-refractivity contribution is 6.33. The second kappa shape index (κ2) is 11.1. The number of hydrogen-bond donors (Lipinski definition) is 1. The van der Waals surface area contributed by atoms with Crippen molar-refractivity contribution in [1.29, 1.82) is 0 Å². The van der Waals surface area contributed by atoms with Crippen LogP contribution in [0.2, 0.25) is 5.02 Å². The molecule has 0 saturated carbocycles. The van der Waals surface area contributed by atoms with E-state index in [2.05, 4.69) is 11.9 Å². The number of amides is 1. The van der Waals surface area contributed by atoms with Crippen molar-refractivity contribution in [1.82, 2.24) is 0 Å². The largest absolute Gasteiger partial charge is 0.460 e. The van der Waals surface area contributed by atoms with Crippen molar-refractivity contribution < 1.29 is 27.5 Å². The van der Waals surface area contributed by atoms with Gasteiger partial charge in [0.15, 0.2) is 0 Å². The fraction of sp³-hybridized carbons (Fsp3) is 0.385. The Morgan fingerprint density at radius 3 is 2.26 bits per heavy atom. The summed E-state index contributed by atoms with van der Waals surface area (Å²) >= 11 is 6.21. The van der Waals surface area contributed by atoms with Crippen molar-refractivity contribution in [3.05, 3.63) is 70.8 Å². The third-order valence-corrected chi connectivity index (χ3v) is 5.49. The van der Waals surface area contributed by atoms with E-state index in [1.807, 2.05) is 0 Å². The lowest BCUT2D eigenvalue weighted by molar-refractivity contribution is -0.178. The molecule has 2 rings (SSSR count). The highest BCUT2D eigenvalue weighted by Crippen LogP contribution is 2.38. The monoisotopic (exact) mass is 495 g/mol. The van der Waals surface area contributed by atoms with Crippen molar-refractivity contribution in [3.8, 4) is 0 Å². The Hall–Kier alpha value is -2.80. The predicted octanol–water partition coefficient (Wildman–Crippen LogP) is 7.18. The quantitative estimate of drug-likeness (QED) is 0.395. The van der Waals surface area contributed by atoms with E-state index >= 15 is 0 Å². The molecule has 34 heavy (non-hydrogen) atoms. The average molecular weight is 496 g/mol. The number of carbonyl (C=O) groups excluding carboxylic acids is 2. The number of ether oxygens (including phenoxy) is 1. The lowest BCUT2D eigenvalue weighted by atomic mass is 9.85. The Labute approximate surface area is 203 Å². The summed E-state index contributed by atoms with van der Waals surface area (Å²) in [5.74, 6) is -4.63. The average Bonchev–Trinajstić information content (AvgIpc) is 2.73. The first-order valence-corrected chi connectivity index (χ1v) is 11.2. The molecule has 0 fully saturated rings. The molecule has 0 radical (unpaired) electrons. The lowest BCUT2D eigenvalue weighted by Crippen LogP contribution is -2.34. The summed E-state index contributed by atoms with van der Waals surface area (Å²) in [5.41, 5.74) is 1.20. The highest BCUT2D eigenvalue weighted by Gasteiger charge is 2.45. The van der Waals surface area contributed by atoms with Gasteiger partial charge in [0.05, 0.1) is 22.5 Å². The number of anilines is 1. The third kappa shape index (κ3) is 7.90. The van der Waals surface area contributed by atoms with E-state index in [9.17, 15) is 22.8 Å². The lowest BCUT2D eigenvalue weighted by Gasteiger charge is -2.26. The van der Waals surface area contributed by atoms with Gasteiger partial charge in [0.1, 0.15) is 5.60 Å². The SMILES string of the molecule is C=Cc1ccc([C@@H](C(=O)Nc2cc(CCC(=O)OC(C)(C)C)ccc2Cl)[C@@H](C)C(F)(F)F)cc1. The fourth-order valence-corrected chi connectivity index (χ4v) is 3.53. The molecule has 0 aliphatic heterocycles. The van der Waals surface area contributed by atoms with Gasteiger partial charge in [0.2, 0.25) is 5.91 Å². The van der Waals surface area contributed by atoms with Gasteiger partial charge >= 0.3 is 12.1 Å². The molecule has 0 bridgehead atoms. The third-order valence-electron chi connectivity index (χ3n) is 5.16. The number of hydrogen-bond acceptors (Lipinski definition) is 3. The standard InChI is InChI=1S/C26H29ClF3NO3/c1-6-17-7-11-19(12-8-17)23(16(2)26(28,29)30)24(33)31-21-15-18(9-13-20(21)27)10-14-22(32)34-25(3,4)5/h6-9,11-13,15-16,23H,1,10,14H2,2-5H3,(H,31,33)/t16-,23+/m1/s1. The van der Waals surface area contributed by atoms with E-state index in [0.29, 0.717) is 12.0 Å². The van der Waals surface area contributed by atoms with Crippen LogP contribution in [0.5, 0.6) is 0 Å². The number of benzene rings is 2. The van der Waals surface area contributed by atoms with Crippen LogP contribution in [-0.2, 0) is 20.7 Å². The number of alkyl halides is 3. The summed E-state index contributed by atoms with van der Waals surface area (Å²) in [7, 11) is 0. The maximum atomic E-state index is 13.6. The molecule has 0 unspecified atom stereocenters. The van der Waals surface area contributed by atoms with Crippen molar-refractivity contribution in [2.45, 2.75) is 58.2 Å². The predicted molar refractivity (Wildman–Crippen MR) is 129 cm³/mol. The van der Waals surface area contributed by atoms with Crippen LogP contribution in [0.15, 0.2) is 49.0 Å². The van der Waals surface area contributed by atoms with Gasteiger partial charge in [0, 0.05) is 6.42 Å². The van der Waals surface area contributed by atoms with Gasteiger partial charge < -0.3 is 10.1 Å². The van der Waals surface area contributed by atoms with Crippen LogP contribution in [-0.4, -0.2) is 23.7 Å². The van der Waals surface area contributed by atoms with Gasteiger partial charge in [-0.15, -0.1) is 0 Å². The summed E-state index contributed by atoms with van der Waals surface area (Å²) in [6.45, 7) is 9.91. The van der Waals surface area contributed by atoms with Crippen LogP contribution in [0.3, 0.4) is 0 Å². The Kier molecular flexibility index (Phi) is 8.95. The van der Waals surface area contributed by atoms with Crippen LogP contribution >= 0.6 is 11.6 Å². The van der Waals surface area contributed by atoms with Gasteiger partial charge in [-0.1, -0.05) is 61.5 Å². The summed E-state index contributed by atoms with van der Waals surface area (Å²) in [5, 5.41) is 2.73. The molecule has 2 aromatic rings. The zero-order valence-electron chi connectivity index (χ0n) is 19.6.